The highest BCUT2D eigenvalue weighted by Crippen LogP contribution is 2.41. The van der Waals surface area contributed by atoms with Gasteiger partial charge in [-0.1, -0.05) is 133 Å². The predicted octanol–water partition coefficient (Wildman–Crippen LogP) is 14.2. The van der Waals surface area contributed by atoms with Crippen molar-refractivity contribution in [2.75, 3.05) is 4.90 Å². The molecule has 51 heavy (non-hydrogen) atoms. The minimum Gasteiger partial charge on any atom is -0.456 e. The molecule has 2 heteroatoms. The lowest BCUT2D eigenvalue weighted by Crippen LogP contribution is -2.10. The van der Waals surface area contributed by atoms with Crippen LogP contribution in [0.3, 0.4) is 0 Å². The third-order valence-electron chi connectivity index (χ3n) is 10.4. The SMILES string of the molecule is Cc1c(-c2cccc(-c3ccc(N(c4ccc5c(ccc6ccccc65)c4)c4ccc5c(ccc6ccccc65)c4)cc3)c2)oc2ccccc12. The summed E-state index contributed by atoms with van der Waals surface area (Å²) in [7, 11) is 0. The first-order valence-corrected chi connectivity index (χ1v) is 17.5. The van der Waals surface area contributed by atoms with Gasteiger partial charge in [-0.05, 0) is 110 Å². The third kappa shape index (κ3) is 4.95. The molecule has 9 aromatic carbocycles. The van der Waals surface area contributed by atoms with Gasteiger partial charge in [0.05, 0.1) is 0 Å². The maximum Gasteiger partial charge on any atom is 0.138 e. The number of fused-ring (bicyclic) bond motifs is 7. The summed E-state index contributed by atoms with van der Waals surface area (Å²) in [5.41, 5.74) is 8.82. The number of furan rings is 1. The first kappa shape index (κ1) is 29.3. The molecule has 0 atom stereocenters. The summed E-state index contributed by atoms with van der Waals surface area (Å²) in [6.45, 7) is 2.14. The van der Waals surface area contributed by atoms with Crippen LogP contribution in [0.25, 0.3) is 76.5 Å². The monoisotopic (exact) mass is 651 g/mol. The van der Waals surface area contributed by atoms with Crippen LogP contribution < -0.4 is 4.90 Å². The average molecular weight is 652 g/mol. The van der Waals surface area contributed by atoms with E-state index in [1.165, 1.54) is 48.7 Å². The van der Waals surface area contributed by atoms with Crippen molar-refractivity contribution in [2.45, 2.75) is 6.92 Å². The van der Waals surface area contributed by atoms with Gasteiger partial charge < -0.3 is 9.32 Å². The molecule has 0 saturated heterocycles. The molecule has 0 fully saturated rings. The maximum atomic E-state index is 6.33. The van der Waals surface area contributed by atoms with Gasteiger partial charge in [0.15, 0.2) is 0 Å². The summed E-state index contributed by atoms with van der Waals surface area (Å²) in [5.74, 6) is 0.925. The molecular formula is C49H33NO. The van der Waals surface area contributed by atoms with Crippen LogP contribution in [0.5, 0.6) is 0 Å². The first-order valence-electron chi connectivity index (χ1n) is 17.5. The third-order valence-corrected chi connectivity index (χ3v) is 10.4. The smallest absolute Gasteiger partial charge is 0.138 e. The molecule has 0 aliphatic carbocycles. The molecule has 0 aliphatic heterocycles. The van der Waals surface area contributed by atoms with Gasteiger partial charge in [-0.3, -0.25) is 0 Å². The molecule has 0 unspecified atom stereocenters. The van der Waals surface area contributed by atoms with Crippen LogP contribution in [0.4, 0.5) is 17.1 Å². The largest absolute Gasteiger partial charge is 0.456 e. The van der Waals surface area contributed by atoms with Crippen LogP contribution in [-0.2, 0) is 0 Å². The predicted molar refractivity (Wildman–Crippen MR) is 217 cm³/mol. The van der Waals surface area contributed by atoms with Crippen LogP contribution in [0, 0.1) is 6.92 Å². The number of hydrogen-bond donors (Lipinski definition) is 0. The molecule has 0 bridgehead atoms. The summed E-state index contributed by atoms with van der Waals surface area (Å²) in [6, 6.07) is 65.7. The molecule has 0 radical (unpaired) electrons. The van der Waals surface area contributed by atoms with E-state index in [0.29, 0.717) is 0 Å². The highest BCUT2D eigenvalue weighted by molar-refractivity contribution is 6.10. The molecule has 10 aromatic rings. The van der Waals surface area contributed by atoms with E-state index in [2.05, 4.69) is 182 Å². The second kappa shape index (κ2) is 11.8. The fourth-order valence-corrected chi connectivity index (χ4v) is 7.82. The molecule has 10 rings (SSSR count). The van der Waals surface area contributed by atoms with E-state index in [4.69, 9.17) is 4.42 Å². The van der Waals surface area contributed by atoms with Crippen LogP contribution in [-0.4, -0.2) is 0 Å². The number of aryl methyl sites for hydroxylation is 1. The minimum atomic E-state index is 0.920. The van der Waals surface area contributed by atoms with E-state index in [9.17, 15) is 0 Å². The Labute approximate surface area is 296 Å². The number of rotatable bonds is 5. The number of para-hydroxylation sites is 1. The fourth-order valence-electron chi connectivity index (χ4n) is 7.82. The van der Waals surface area contributed by atoms with Crippen molar-refractivity contribution >= 4 is 71.1 Å². The standard InChI is InChI=1S/C49H33NO/c1-32-43-13-6-7-16-48(43)51-49(32)39-12-8-11-36(29-39)33-21-23-40(24-22-33)50(41-25-27-46-37(30-41)19-17-34-9-2-4-14-44(34)46)42-26-28-47-38(31-42)20-18-35-10-3-5-15-45(35)47/h2-31H,1H3. The van der Waals surface area contributed by atoms with Crippen molar-refractivity contribution in [3.63, 3.8) is 0 Å². The van der Waals surface area contributed by atoms with Gasteiger partial charge in [0.1, 0.15) is 11.3 Å². The molecular weight excluding hydrogens is 619 g/mol. The lowest BCUT2D eigenvalue weighted by molar-refractivity contribution is 0.629. The molecule has 0 saturated carbocycles. The molecule has 240 valence electrons. The Morgan fingerprint density at radius 3 is 1.49 bits per heavy atom. The van der Waals surface area contributed by atoms with Crippen LogP contribution in [0.2, 0.25) is 0 Å². The molecule has 0 amide bonds. The molecule has 0 aliphatic rings. The Morgan fingerprint density at radius 2 is 0.863 bits per heavy atom. The number of anilines is 3. The molecule has 0 spiro atoms. The normalized spacial score (nSPS) is 11.6. The van der Waals surface area contributed by atoms with Crippen molar-refractivity contribution < 1.29 is 4.42 Å². The molecule has 0 N–H and O–H groups in total. The summed E-state index contributed by atoms with van der Waals surface area (Å²) in [6.07, 6.45) is 0. The Balaban J connectivity index is 1.08. The second-order valence-electron chi connectivity index (χ2n) is 13.4. The van der Waals surface area contributed by atoms with E-state index < -0.39 is 0 Å². The van der Waals surface area contributed by atoms with Gasteiger partial charge in [-0.2, -0.15) is 0 Å². The lowest BCUT2D eigenvalue weighted by Gasteiger charge is -2.26. The zero-order chi connectivity index (χ0) is 33.9. The van der Waals surface area contributed by atoms with E-state index in [-0.39, 0.29) is 0 Å². The number of hydrogen-bond acceptors (Lipinski definition) is 2. The summed E-state index contributed by atoms with van der Waals surface area (Å²) >= 11 is 0. The van der Waals surface area contributed by atoms with E-state index in [1.54, 1.807) is 0 Å². The van der Waals surface area contributed by atoms with Crippen molar-refractivity contribution in [1.29, 1.82) is 0 Å². The van der Waals surface area contributed by atoms with Gasteiger partial charge >= 0.3 is 0 Å². The zero-order valence-electron chi connectivity index (χ0n) is 28.2. The molecule has 1 heterocycles. The highest BCUT2D eigenvalue weighted by Gasteiger charge is 2.17. The van der Waals surface area contributed by atoms with Crippen LogP contribution >= 0.6 is 0 Å². The van der Waals surface area contributed by atoms with Crippen LogP contribution in [0.15, 0.2) is 186 Å². The first-order chi connectivity index (χ1) is 25.2. The minimum absolute atomic E-state index is 0.920. The number of benzene rings is 9. The number of nitrogens with zero attached hydrogens (tertiary/aromatic N) is 1. The highest BCUT2D eigenvalue weighted by atomic mass is 16.3. The maximum absolute atomic E-state index is 6.33. The topological polar surface area (TPSA) is 16.4 Å². The molecule has 1 aromatic heterocycles. The Kier molecular flexibility index (Phi) is 6.75. The summed E-state index contributed by atoms with van der Waals surface area (Å²) < 4.78 is 6.33. The average Bonchev–Trinajstić information content (AvgIpc) is 3.54. The van der Waals surface area contributed by atoms with Gasteiger partial charge in [0, 0.05) is 33.6 Å². The Morgan fingerprint density at radius 1 is 0.353 bits per heavy atom. The lowest BCUT2D eigenvalue weighted by atomic mass is 9.99. The van der Waals surface area contributed by atoms with E-state index in [1.807, 2.05) is 12.1 Å². The van der Waals surface area contributed by atoms with Gasteiger partial charge in [-0.15, -0.1) is 0 Å². The Hall–Kier alpha value is -6.64. The fraction of sp³-hybridized carbons (Fsp3) is 0.0204. The Bertz CT molecular complexity index is 2810. The van der Waals surface area contributed by atoms with Gasteiger partial charge in [0.25, 0.3) is 0 Å². The van der Waals surface area contributed by atoms with Crippen LogP contribution in [0.1, 0.15) is 5.56 Å². The van der Waals surface area contributed by atoms with Crippen molar-refractivity contribution in [1.82, 2.24) is 0 Å². The summed E-state index contributed by atoms with van der Waals surface area (Å²) in [5, 5.41) is 11.2. The van der Waals surface area contributed by atoms with Gasteiger partial charge in [0.2, 0.25) is 0 Å². The van der Waals surface area contributed by atoms with Crippen molar-refractivity contribution in [3.05, 3.63) is 188 Å². The van der Waals surface area contributed by atoms with Crippen molar-refractivity contribution in [3.8, 4) is 22.5 Å². The van der Waals surface area contributed by atoms with Gasteiger partial charge in [-0.25, -0.2) is 0 Å². The second-order valence-corrected chi connectivity index (χ2v) is 13.4. The van der Waals surface area contributed by atoms with E-state index >= 15 is 0 Å². The molecule has 2 nitrogen and oxygen atoms in total. The summed E-state index contributed by atoms with van der Waals surface area (Å²) in [4.78, 5) is 2.38. The van der Waals surface area contributed by atoms with E-state index in [0.717, 1.165) is 50.5 Å². The van der Waals surface area contributed by atoms with Crippen molar-refractivity contribution in [2.24, 2.45) is 0 Å². The zero-order valence-corrected chi connectivity index (χ0v) is 28.2. The quantitative estimate of drug-likeness (QED) is 0.172.